The van der Waals surface area contributed by atoms with Gasteiger partial charge in [-0.25, -0.2) is 9.67 Å². The summed E-state index contributed by atoms with van der Waals surface area (Å²) in [4.78, 5) is 28.8. The summed E-state index contributed by atoms with van der Waals surface area (Å²) in [7, 11) is 0. The van der Waals surface area contributed by atoms with Crippen LogP contribution in [0.25, 0.3) is 0 Å². The lowest BCUT2D eigenvalue weighted by atomic mass is 10.0. The molecule has 0 fully saturated rings. The van der Waals surface area contributed by atoms with Crippen molar-refractivity contribution in [1.29, 1.82) is 0 Å². The predicted octanol–water partition coefficient (Wildman–Crippen LogP) is 1.50. The second kappa shape index (κ2) is 5.73. The lowest BCUT2D eigenvalue weighted by Gasteiger charge is -2.13. The number of carbonyl (C=O) groups excluding carboxylic acids is 1. The molecule has 1 aliphatic carbocycles. The Bertz CT molecular complexity index is 841. The van der Waals surface area contributed by atoms with Gasteiger partial charge < -0.3 is 11.1 Å². The Labute approximate surface area is 138 Å². The summed E-state index contributed by atoms with van der Waals surface area (Å²) in [5.74, 6) is 0.362. The van der Waals surface area contributed by atoms with E-state index in [2.05, 4.69) is 10.3 Å². The highest BCUT2D eigenvalue weighted by atomic mass is 35.5. The number of halogens is 1. The largest absolute Gasteiger partial charge is 0.396 e. The van der Waals surface area contributed by atoms with Crippen LogP contribution >= 0.6 is 11.6 Å². The minimum absolute atomic E-state index is 0.0550. The lowest BCUT2D eigenvalue weighted by Crippen LogP contribution is -2.21. The fourth-order valence-corrected chi connectivity index (χ4v) is 3.06. The van der Waals surface area contributed by atoms with Crippen molar-refractivity contribution in [2.24, 2.45) is 10.7 Å². The number of nitrogens with two attached hydrogens (primary N) is 1. The van der Waals surface area contributed by atoms with E-state index in [9.17, 15) is 9.59 Å². The molecular formula is C15H18ClN5O2. The number of anilines is 1. The van der Waals surface area contributed by atoms with Gasteiger partial charge in [0.25, 0.3) is 5.56 Å². The van der Waals surface area contributed by atoms with E-state index in [1.165, 1.54) is 0 Å². The Morgan fingerprint density at radius 3 is 2.74 bits per heavy atom. The molecule has 0 amide bonds. The molecule has 1 aliphatic heterocycles. The van der Waals surface area contributed by atoms with Crippen molar-refractivity contribution in [3.05, 3.63) is 32.7 Å². The van der Waals surface area contributed by atoms with E-state index in [0.29, 0.717) is 35.9 Å². The van der Waals surface area contributed by atoms with E-state index in [4.69, 9.17) is 17.3 Å². The van der Waals surface area contributed by atoms with Crippen LogP contribution in [0.3, 0.4) is 0 Å². The van der Waals surface area contributed by atoms with E-state index >= 15 is 0 Å². The number of nitrogens with one attached hydrogen (secondary N) is 1. The maximum Gasteiger partial charge on any atom is 0.294 e. The standard InChI is InChI=1S/C15H18ClN5O2/c1-3-18-14-12(15(23)21-6-4-5-20(14)21)19-9-7-8(2)13(22)10(16)11(9)17/h7,18H,3-6,17H2,1-2H3/b19-9-. The summed E-state index contributed by atoms with van der Waals surface area (Å²) < 4.78 is 3.57. The van der Waals surface area contributed by atoms with Gasteiger partial charge >= 0.3 is 0 Å². The number of carbonyl (C=O) groups is 1. The molecule has 0 bridgehead atoms. The van der Waals surface area contributed by atoms with Crippen LogP contribution in [0, 0.1) is 0 Å². The van der Waals surface area contributed by atoms with E-state index in [1.54, 1.807) is 17.7 Å². The Morgan fingerprint density at radius 2 is 2.04 bits per heavy atom. The number of rotatable bonds is 3. The summed E-state index contributed by atoms with van der Waals surface area (Å²) in [6.07, 6.45) is 2.48. The fourth-order valence-electron chi connectivity index (χ4n) is 2.81. The Hall–Kier alpha value is -2.28. The van der Waals surface area contributed by atoms with Crippen molar-refractivity contribution in [1.82, 2.24) is 9.36 Å². The smallest absolute Gasteiger partial charge is 0.294 e. The van der Waals surface area contributed by atoms with Crippen molar-refractivity contribution < 1.29 is 4.79 Å². The van der Waals surface area contributed by atoms with Crippen LogP contribution in [0.1, 0.15) is 20.3 Å². The third-order valence-corrected chi connectivity index (χ3v) is 4.33. The highest BCUT2D eigenvalue weighted by Gasteiger charge is 2.26. The number of ketones is 1. The number of Topliss-reactive ketones (excluding diaryl/α,β-unsaturated/α-hetero) is 1. The molecule has 122 valence electrons. The monoisotopic (exact) mass is 335 g/mol. The van der Waals surface area contributed by atoms with E-state index in [1.807, 2.05) is 11.6 Å². The van der Waals surface area contributed by atoms with Crippen molar-refractivity contribution in [2.45, 2.75) is 33.4 Å². The maximum absolute atomic E-state index is 12.6. The molecular weight excluding hydrogens is 318 g/mol. The van der Waals surface area contributed by atoms with E-state index in [-0.39, 0.29) is 22.1 Å². The first-order valence-corrected chi connectivity index (χ1v) is 7.88. The highest BCUT2D eigenvalue weighted by molar-refractivity contribution is 6.49. The summed E-state index contributed by atoms with van der Waals surface area (Å²) in [6, 6.07) is 0. The molecule has 8 heteroatoms. The van der Waals surface area contributed by atoms with Gasteiger partial charge in [0.15, 0.2) is 11.5 Å². The van der Waals surface area contributed by atoms with Gasteiger partial charge in [0.2, 0.25) is 5.78 Å². The third kappa shape index (κ3) is 2.41. The number of nitrogens with zero attached hydrogens (tertiary/aromatic N) is 3. The van der Waals surface area contributed by atoms with Crippen molar-refractivity contribution in [3.63, 3.8) is 0 Å². The summed E-state index contributed by atoms with van der Waals surface area (Å²) in [5.41, 5.74) is 6.92. The molecule has 0 atom stereocenters. The van der Waals surface area contributed by atoms with Gasteiger partial charge in [-0.3, -0.25) is 14.3 Å². The Morgan fingerprint density at radius 1 is 1.35 bits per heavy atom. The van der Waals surface area contributed by atoms with E-state index in [0.717, 1.165) is 13.0 Å². The number of hydrogen-bond donors (Lipinski definition) is 2. The average molecular weight is 336 g/mol. The van der Waals surface area contributed by atoms with Gasteiger partial charge in [-0.2, -0.15) is 0 Å². The second-order valence-corrected chi connectivity index (χ2v) is 5.89. The third-order valence-electron chi connectivity index (χ3n) is 3.95. The zero-order valence-electron chi connectivity index (χ0n) is 13.0. The number of aliphatic imine (C=N–C) groups is 1. The number of fused-ring (bicyclic) bond motifs is 1. The Balaban J connectivity index is 2.17. The van der Waals surface area contributed by atoms with Crippen molar-refractivity contribution in [2.75, 3.05) is 11.9 Å². The highest BCUT2D eigenvalue weighted by Crippen LogP contribution is 2.28. The van der Waals surface area contributed by atoms with E-state index < -0.39 is 0 Å². The quantitative estimate of drug-likeness (QED) is 0.818. The van der Waals surface area contributed by atoms with Gasteiger partial charge in [0, 0.05) is 25.2 Å². The molecule has 0 aromatic carbocycles. The first-order chi connectivity index (χ1) is 11.0. The molecule has 0 spiro atoms. The Kier molecular flexibility index (Phi) is 3.89. The molecule has 0 saturated carbocycles. The minimum Gasteiger partial charge on any atom is -0.396 e. The summed E-state index contributed by atoms with van der Waals surface area (Å²) in [5, 5.41) is 3.14. The molecule has 2 aliphatic rings. The molecule has 3 rings (SSSR count). The SMILES string of the molecule is CCNc1c(/N=C2/C=C(C)C(=O)C(Cl)=C2N)c(=O)n2n1CCC2. The molecule has 23 heavy (non-hydrogen) atoms. The molecule has 3 N–H and O–H groups in total. The van der Waals surface area contributed by atoms with Crippen molar-refractivity contribution in [3.8, 4) is 0 Å². The van der Waals surface area contributed by atoms with Crippen LogP contribution in [0.2, 0.25) is 0 Å². The van der Waals surface area contributed by atoms with Gasteiger partial charge in [-0.05, 0) is 26.3 Å². The number of hydrogen-bond acceptors (Lipinski definition) is 5. The molecule has 2 heterocycles. The average Bonchev–Trinajstić information content (AvgIpc) is 3.09. The number of aromatic nitrogens is 2. The topological polar surface area (TPSA) is 94.4 Å². The lowest BCUT2D eigenvalue weighted by molar-refractivity contribution is -0.111. The fraction of sp³-hybridized carbons (Fsp3) is 0.400. The zero-order chi connectivity index (χ0) is 16.7. The molecule has 7 nitrogen and oxygen atoms in total. The minimum atomic E-state index is -0.314. The van der Waals surface area contributed by atoms with Gasteiger partial charge in [-0.15, -0.1) is 0 Å². The maximum atomic E-state index is 12.6. The van der Waals surface area contributed by atoms with Crippen LogP contribution in [-0.4, -0.2) is 27.4 Å². The second-order valence-electron chi connectivity index (χ2n) is 5.51. The molecule has 1 aromatic rings. The van der Waals surface area contributed by atoms with Crippen LogP contribution in [-0.2, 0) is 17.9 Å². The molecule has 0 saturated heterocycles. The molecule has 0 radical (unpaired) electrons. The normalized spacial score (nSPS) is 19.3. The number of allylic oxidation sites excluding steroid dienone is 3. The first kappa shape index (κ1) is 15.6. The summed E-state index contributed by atoms with van der Waals surface area (Å²) in [6.45, 7) is 5.70. The van der Waals surface area contributed by atoms with Gasteiger partial charge in [0.05, 0.1) is 11.4 Å². The van der Waals surface area contributed by atoms with Crippen LogP contribution in [0.5, 0.6) is 0 Å². The van der Waals surface area contributed by atoms with Crippen LogP contribution < -0.4 is 16.6 Å². The van der Waals surface area contributed by atoms with Crippen molar-refractivity contribution >= 4 is 34.6 Å². The van der Waals surface area contributed by atoms with Gasteiger partial charge in [-0.1, -0.05) is 11.6 Å². The van der Waals surface area contributed by atoms with Crippen LogP contribution in [0.4, 0.5) is 11.5 Å². The zero-order valence-corrected chi connectivity index (χ0v) is 13.8. The van der Waals surface area contributed by atoms with Gasteiger partial charge in [0.1, 0.15) is 5.03 Å². The predicted molar refractivity (Wildman–Crippen MR) is 90.4 cm³/mol. The molecule has 0 unspecified atom stereocenters. The first-order valence-electron chi connectivity index (χ1n) is 7.50. The summed E-state index contributed by atoms with van der Waals surface area (Å²) >= 11 is 5.97. The molecule has 1 aromatic heterocycles. The van der Waals surface area contributed by atoms with Crippen LogP contribution in [0.15, 0.2) is 32.2 Å².